The maximum Gasteiger partial charge on any atom is 0.255 e. The minimum absolute atomic E-state index is 0.0987. The van der Waals surface area contributed by atoms with Crippen LogP contribution in [0.4, 0.5) is 0 Å². The van der Waals surface area contributed by atoms with Gasteiger partial charge in [-0.25, -0.2) is 0 Å². The van der Waals surface area contributed by atoms with Crippen LogP contribution in [0.1, 0.15) is 28.8 Å². The molecule has 1 saturated heterocycles. The molecule has 1 aliphatic rings. The highest BCUT2D eigenvalue weighted by Gasteiger charge is 2.23. The molecule has 5 nitrogen and oxygen atoms in total. The Balaban J connectivity index is 1.46. The molecule has 3 rings (SSSR count). The second-order valence-corrected chi connectivity index (χ2v) is 7.19. The number of carbonyl (C=O) groups is 1. The van der Waals surface area contributed by atoms with Crippen LogP contribution >= 0.6 is 0 Å². The largest absolute Gasteiger partial charge is 0.497 e. The van der Waals surface area contributed by atoms with Gasteiger partial charge in [-0.3, -0.25) is 4.79 Å². The maximum atomic E-state index is 12.4. The number of aromatic amines is 1. The molecule has 0 bridgehead atoms. The lowest BCUT2D eigenvalue weighted by atomic mass is 9.97. The molecule has 5 heteroatoms. The first kappa shape index (κ1) is 18.5. The van der Waals surface area contributed by atoms with Gasteiger partial charge in [-0.05, 0) is 55.5 Å². The predicted molar refractivity (Wildman–Crippen MR) is 104 cm³/mol. The number of methoxy groups -OCH3 is 1. The molecule has 0 spiro atoms. The number of hydrogen-bond acceptors (Lipinski definition) is 3. The summed E-state index contributed by atoms with van der Waals surface area (Å²) < 4.78 is 5.22. The monoisotopic (exact) mass is 355 g/mol. The Bertz CT molecular complexity index is 682. The molecule has 1 aromatic carbocycles. The number of amides is 1. The number of aromatic nitrogens is 1. The quantitative estimate of drug-likeness (QED) is 0.830. The number of hydrogen-bond donors (Lipinski definition) is 1. The van der Waals surface area contributed by atoms with E-state index in [1.54, 1.807) is 19.5 Å². The number of ether oxygens (including phenoxy) is 1. The van der Waals surface area contributed by atoms with E-state index in [1.165, 1.54) is 18.4 Å². The molecular formula is C21H29N3O2. The van der Waals surface area contributed by atoms with Crippen molar-refractivity contribution in [2.24, 2.45) is 5.92 Å². The fourth-order valence-electron chi connectivity index (χ4n) is 3.73. The lowest BCUT2D eigenvalue weighted by Gasteiger charge is -2.34. The molecule has 1 amide bonds. The van der Waals surface area contributed by atoms with Crippen LogP contribution in [0.15, 0.2) is 42.7 Å². The van der Waals surface area contributed by atoms with Gasteiger partial charge in [0, 0.05) is 39.1 Å². The number of rotatable bonds is 7. The van der Waals surface area contributed by atoms with Crippen LogP contribution < -0.4 is 4.74 Å². The first-order valence-corrected chi connectivity index (χ1v) is 9.39. The van der Waals surface area contributed by atoms with Gasteiger partial charge in [0.25, 0.3) is 5.91 Å². The van der Waals surface area contributed by atoms with E-state index in [0.717, 1.165) is 43.9 Å². The highest BCUT2D eigenvalue weighted by Crippen LogP contribution is 2.19. The van der Waals surface area contributed by atoms with Crippen LogP contribution in [0.25, 0.3) is 0 Å². The van der Waals surface area contributed by atoms with Gasteiger partial charge < -0.3 is 19.5 Å². The molecule has 140 valence electrons. The zero-order chi connectivity index (χ0) is 18.4. The summed E-state index contributed by atoms with van der Waals surface area (Å²) in [5.41, 5.74) is 2.08. The molecule has 1 N–H and O–H groups in total. The molecular weight excluding hydrogens is 326 g/mol. The molecule has 1 atom stereocenters. The van der Waals surface area contributed by atoms with Gasteiger partial charge in [-0.1, -0.05) is 12.1 Å². The summed E-state index contributed by atoms with van der Waals surface area (Å²) >= 11 is 0. The number of nitrogens with zero attached hydrogens (tertiary/aromatic N) is 2. The van der Waals surface area contributed by atoms with E-state index in [0.29, 0.717) is 5.92 Å². The van der Waals surface area contributed by atoms with E-state index in [9.17, 15) is 4.79 Å². The van der Waals surface area contributed by atoms with Gasteiger partial charge in [-0.2, -0.15) is 0 Å². The van der Waals surface area contributed by atoms with Gasteiger partial charge in [0.1, 0.15) is 5.75 Å². The molecule has 0 radical (unpaired) electrons. The predicted octanol–water partition coefficient (Wildman–Crippen LogP) is 3.05. The summed E-state index contributed by atoms with van der Waals surface area (Å²) in [5.74, 6) is 1.55. The highest BCUT2D eigenvalue weighted by molar-refractivity contribution is 5.93. The number of likely N-dealkylation sites (tertiary alicyclic amines) is 1. The second kappa shape index (κ2) is 8.90. The molecule has 0 aliphatic carbocycles. The Morgan fingerprint density at radius 1 is 1.31 bits per heavy atom. The Kier molecular flexibility index (Phi) is 6.34. The normalized spacial score (nSPS) is 17.8. The Hall–Kier alpha value is -2.27. The number of benzene rings is 1. The van der Waals surface area contributed by atoms with Crippen molar-refractivity contribution in [3.8, 4) is 5.75 Å². The zero-order valence-electron chi connectivity index (χ0n) is 15.8. The molecule has 1 fully saturated rings. The van der Waals surface area contributed by atoms with Crippen molar-refractivity contribution in [1.29, 1.82) is 0 Å². The van der Waals surface area contributed by atoms with Crippen LogP contribution in [0.2, 0.25) is 0 Å². The highest BCUT2D eigenvalue weighted by atomic mass is 16.5. The van der Waals surface area contributed by atoms with E-state index in [2.05, 4.69) is 22.0 Å². The average Bonchev–Trinajstić information content (AvgIpc) is 3.21. The van der Waals surface area contributed by atoms with E-state index in [-0.39, 0.29) is 5.91 Å². The summed E-state index contributed by atoms with van der Waals surface area (Å²) in [6.07, 6.45) is 7.02. The molecule has 1 aromatic heterocycles. The third kappa shape index (κ3) is 4.88. The first-order valence-electron chi connectivity index (χ1n) is 9.39. The minimum atomic E-state index is 0.0987. The Morgan fingerprint density at radius 3 is 2.81 bits per heavy atom. The molecule has 0 saturated carbocycles. The summed E-state index contributed by atoms with van der Waals surface area (Å²) in [6, 6.07) is 10.2. The third-order valence-electron chi connectivity index (χ3n) is 5.20. The fourth-order valence-corrected chi connectivity index (χ4v) is 3.73. The fraction of sp³-hybridized carbons (Fsp3) is 0.476. The number of carbonyl (C=O) groups excluding carboxylic acids is 1. The minimum Gasteiger partial charge on any atom is -0.497 e. The molecule has 2 aromatic rings. The van der Waals surface area contributed by atoms with Crippen molar-refractivity contribution in [2.75, 3.05) is 40.3 Å². The number of piperidine rings is 1. The molecule has 1 aliphatic heterocycles. The van der Waals surface area contributed by atoms with E-state index in [1.807, 2.05) is 30.1 Å². The summed E-state index contributed by atoms with van der Waals surface area (Å²) in [4.78, 5) is 19.8. The average molecular weight is 355 g/mol. The smallest absolute Gasteiger partial charge is 0.255 e. The van der Waals surface area contributed by atoms with E-state index >= 15 is 0 Å². The van der Waals surface area contributed by atoms with Crippen molar-refractivity contribution in [3.05, 3.63) is 53.9 Å². The van der Waals surface area contributed by atoms with Gasteiger partial charge in [-0.15, -0.1) is 0 Å². The third-order valence-corrected chi connectivity index (χ3v) is 5.20. The maximum absolute atomic E-state index is 12.4. The molecule has 1 unspecified atom stereocenters. The van der Waals surface area contributed by atoms with Crippen molar-refractivity contribution in [2.45, 2.75) is 19.3 Å². The van der Waals surface area contributed by atoms with E-state index < -0.39 is 0 Å². The van der Waals surface area contributed by atoms with Crippen LogP contribution in [0, 0.1) is 5.92 Å². The van der Waals surface area contributed by atoms with Gasteiger partial charge in [0.05, 0.1) is 12.7 Å². The lowest BCUT2D eigenvalue weighted by Crippen LogP contribution is -2.42. The van der Waals surface area contributed by atoms with Gasteiger partial charge in [0.2, 0.25) is 0 Å². The molecule has 2 heterocycles. The standard InChI is InChI=1S/C21H29N3O2/c1-23(21(25)19-9-11-22-14-19)15-18-4-3-12-24(16-18)13-10-17-5-7-20(26-2)8-6-17/h5-9,11,14,18,22H,3-4,10,12-13,15-16H2,1-2H3. The lowest BCUT2D eigenvalue weighted by molar-refractivity contribution is 0.0730. The number of H-pyrrole nitrogens is 1. The van der Waals surface area contributed by atoms with Crippen molar-refractivity contribution >= 4 is 5.91 Å². The Morgan fingerprint density at radius 2 is 2.12 bits per heavy atom. The summed E-state index contributed by atoms with van der Waals surface area (Å²) in [5, 5.41) is 0. The van der Waals surface area contributed by atoms with Gasteiger partial charge >= 0.3 is 0 Å². The first-order chi connectivity index (χ1) is 12.7. The van der Waals surface area contributed by atoms with Crippen LogP contribution in [0.5, 0.6) is 5.75 Å². The van der Waals surface area contributed by atoms with E-state index in [4.69, 9.17) is 4.74 Å². The SMILES string of the molecule is COc1ccc(CCN2CCCC(CN(C)C(=O)c3cc[nH]c3)C2)cc1. The van der Waals surface area contributed by atoms with Gasteiger partial charge in [0.15, 0.2) is 0 Å². The van der Waals surface area contributed by atoms with Crippen LogP contribution in [-0.2, 0) is 6.42 Å². The van der Waals surface area contributed by atoms with Crippen molar-refractivity contribution in [1.82, 2.24) is 14.8 Å². The van der Waals surface area contributed by atoms with Crippen LogP contribution in [0.3, 0.4) is 0 Å². The molecule has 26 heavy (non-hydrogen) atoms. The summed E-state index contributed by atoms with van der Waals surface area (Å²) in [6.45, 7) is 4.12. The van der Waals surface area contributed by atoms with Crippen LogP contribution in [-0.4, -0.2) is 61.0 Å². The zero-order valence-corrected chi connectivity index (χ0v) is 15.8. The number of nitrogens with one attached hydrogen (secondary N) is 1. The topological polar surface area (TPSA) is 48.6 Å². The van der Waals surface area contributed by atoms with Crippen molar-refractivity contribution < 1.29 is 9.53 Å². The van der Waals surface area contributed by atoms with Crippen molar-refractivity contribution in [3.63, 3.8) is 0 Å². The Labute approximate surface area is 156 Å². The second-order valence-electron chi connectivity index (χ2n) is 7.19. The summed E-state index contributed by atoms with van der Waals surface area (Å²) in [7, 11) is 3.60.